The van der Waals surface area contributed by atoms with E-state index in [1.807, 2.05) is 41.5 Å². The van der Waals surface area contributed by atoms with Gasteiger partial charge in [0, 0.05) is 16.6 Å². The highest BCUT2D eigenvalue weighted by Crippen LogP contribution is 2.30. The van der Waals surface area contributed by atoms with Crippen LogP contribution in [0.25, 0.3) is 0 Å². The van der Waals surface area contributed by atoms with E-state index < -0.39 is 22.9 Å². The molecule has 2 amide bonds. The van der Waals surface area contributed by atoms with Crippen LogP contribution in [0.15, 0.2) is 29.3 Å². The van der Waals surface area contributed by atoms with E-state index in [4.69, 9.17) is 0 Å². The number of carbonyl (C=O) groups is 3. The van der Waals surface area contributed by atoms with Gasteiger partial charge in [-0.05, 0) is 72.7 Å². The van der Waals surface area contributed by atoms with Crippen molar-refractivity contribution in [2.75, 3.05) is 0 Å². The molecule has 0 N–H and O–H groups in total. The lowest BCUT2D eigenvalue weighted by Crippen LogP contribution is -2.50. The minimum Gasteiger partial charge on any atom is -0.295 e. The molecule has 25 heavy (non-hydrogen) atoms. The molecule has 0 unspecified atom stereocenters. The summed E-state index contributed by atoms with van der Waals surface area (Å²) < 4.78 is 0. The fourth-order valence-electron chi connectivity index (χ4n) is 2.67. The van der Waals surface area contributed by atoms with Gasteiger partial charge in [0.05, 0.1) is 5.69 Å². The third-order valence-electron chi connectivity index (χ3n) is 3.83. The standard InChI is InChI=1S/C19H25N3O3/c1-12(23)13-8-10-14(11-9-13)20-17-21(18(2,3)4)15(24)16(25)22(17)19(5,6)7/h8-11H,1-7H3. The van der Waals surface area contributed by atoms with Crippen molar-refractivity contribution in [2.45, 2.75) is 59.5 Å². The number of nitrogens with zero attached hydrogens (tertiary/aromatic N) is 3. The average molecular weight is 343 g/mol. The van der Waals surface area contributed by atoms with E-state index in [9.17, 15) is 14.4 Å². The van der Waals surface area contributed by atoms with Gasteiger partial charge in [-0.25, -0.2) is 4.99 Å². The van der Waals surface area contributed by atoms with Crippen molar-refractivity contribution in [2.24, 2.45) is 4.99 Å². The first-order valence-electron chi connectivity index (χ1n) is 8.22. The quantitative estimate of drug-likeness (QED) is 0.612. The lowest BCUT2D eigenvalue weighted by Gasteiger charge is -2.35. The Bertz CT molecular complexity index is 716. The summed E-state index contributed by atoms with van der Waals surface area (Å²) in [6.07, 6.45) is 0. The minimum atomic E-state index is -0.592. The predicted octanol–water partition coefficient (Wildman–Crippen LogP) is 3.14. The molecule has 1 aromatic carbocycles. The van der Waals surface area contributed by atoms with Gasteiger partial charge in [0.2, 0.25) is 5.96 Å². The molecule has 0 aliphatic carbocycles. The van der Waals surface area contributed by atoms with Crippen molar-refractivity contribution in [3.05, 3.63) is 29.8 Å². The van der Waals surface area contributed by atoms with Crippen molar-refractivity contribution in [1.82, 2.24) is 9.80 Å². The van der Waals surface area contributed by atoms with E-state index >= 15 is 0 Å². The Morgan fingerprint density at radius 3 is 1.56 bits per heavy atom. The first kappa shape index (κ1) is 18.8. The molecular weight excluding hydrogens is 318 g/mol. The largest absolute Gasteiger partial charge is 0.319 e. The predicted molar refractivity (Wildman–Crippen MR) is 96.7 cm³/mol. The molecule has 1 aliphatic heterocycles. The summed E-state index contributed by atoms with van der Waals surface area (Å²) in [5.41, 5.74) is -0.0237. The number of amides is 2. The third kappa shape index (κ3) is 3.62. The summed E-state index contributed by atoms with van der Waals surface area (Å²) >= 11 is 0. The van der Waals surface area contributed by atoms with Crippen LogP contribution < -0.4 is 0 Å². The number of Topliss-reactive ketones (excluding diaryl/α,β-unsaturated/α-hetero) is 1. The lowest BCUT2D eigenvalue weighted by molar-refractivity contribution is -0.146. The van der Waals surface area contributed by atoms with Crippen molar-refractivity contribution in [3.63, 3.8) is 0 Å². The van der Waals surface area contributed by atoms with E-state index in [1.165, 1.54) is 16.7 Å². The van der Waals surface area contributed by atoms with E-state index in [0.29, 0.717) is 17.2 Å². The van der Waals surface area contributed by atoms with E-state index in [-0.39, 0.29) is 5.78 Å². The number of rotatable bonds is 2. The highest BCUT2D eigenvalue weighted by molar-refractivity contribution is 6.45. The molecule has 0 saturated carbocycles. The smallest absolute Gasteiger partial charge is 0.295 e. The molecule has 0 bridgehead atoms. The molecule has 1 aliphatic rings. The first-order chi connectivity index (χ1) is 11.3. The van der Waals surface area contributed by atoms with Crippen molar-refractivity contribution in [3.8, 4) is 0 Å². The van der Waals surface area contributed by atoms with Crippen LogP contribution in [0.3, 0.4) is 0 Å². The minimum absolute atomic E-state index is 0.0296. The Hall–Kier alpha value is -2.50. The highest BCUT2D eigenvalue weighted by atomic mass is 16.2. The molecule has 0 atom stereocenters. The lowest BCUT2D eigenvalue weighted by atomic mass is 10.1. The van der Waals surface area contributed by atoms with Gasteiger partial charge in [-0.3, -0.25) is 24.2 Å². The van der Waals surface area contributed by atoms with Crippen LogP contribution in [-0.2, 0) is 9.59 Å². The normalized spacial score (nSPS) is 15.9. The topological polar surface area (TPSA) is 70.0 Å². The summed E-state index contributed by atoms with van der Waals surface area (Å²) in [6.45, 7) is 12.7. The number of ketones is 1. The molecule has 0 radical (unpaired) electrons. The van der Waals surface area contributed by atoms with Crippen LogP contribution in [0.2, 0.25) is 0 Å². The number of guanidine groups is 1. The highest BCUT2D eigenvalue weighted by Gasteiger charge is 2.51. The molecule has 0 spiro atoms. The maximum Gasteiger partial charge on any atom is 0.319 e. The summed E-state index contributed by atoms with van der Waals surface area (Å²) in [6, 6.07) is 6.78. The molecule has 1 heterocycles. The zero-order chi connectivity index (χ0) is 19.2. The van der Waals surface area contributed by atoms with Crippen LogP contribution in [0.5, 0.6) is 0 Å². The van der Waals surface area contributed by atoms with Gasteiger partial charge in [-0.15, -0.1) is 0 Å². The van der Waals surface area contributed by atoms with Crippen LogP contribution in [0.4, 0.5) is 5.69 Å². The summed E-state index contributed by atoms with van der Waals surface area (Å²) in [7, 11) is 0. The maximum atomic E-state index is 12.6. The number of aliphatic imine (C=N–C) groups is 1. The second kappa shape index (κ2) is 6.10. The zero-order valence-corrected chi connectivity index (χ0v) is 15.9. The Labute approximate surface area is 148 Å². The summed E-state index contributed by atoms with van der Waals surface area (Å²) in [5, 5.41) is 0. The molecule has 134 valence electrons. The fraction of sp³-hybridized carbons (Fsp3) is 0.474. The second-order valence-corrected chi connectivity index (χ2v) is 8.14. The SMILES string of the molecule is CC(=O)c1ccc(N=C2N(C(C)(C)C)C(=O)C(=O)N2C(C)(C)C)cc1. The molecule has 1 fully saturated rings. The van der Waals surface area contributed by atoms with E-state index in [1.54, 1.807) is 24.3 Å². The fourth-order valence-corrected chi connectivity index (χ4v) is 2.67. The number of hydrogen-bond donors (Lipinski definition) is 0. The molecule has 2 rings (SSSR count). The van der Waals surface area contributed by atoms with Gasteiger partial charge in [0.1, 0.15) is 0 Å². The van der Waals surface area contributed by atoms with Gasteiger partial charge in [0.25, 0.3) is 0 Å². The third-order valence-corrected chi connectivity index (χ3v) is 3.83. The van der Waals surface area contributed by atoms with Gasteiger partial charge in [-0.1, -0.05) is 0 Å². The summed E-state index contributed by atoms with van der Waals surface area (Å²) in [5.74, 6) is -0.883. The Balaban J connectivity index is 2.59. The maximum absolute atomic E-state index is 12.6. The molecular formula is C19H25N3O3. The number of benzene rings is 1. The van der Waals surface area contributed by atoms with Crippen LogP contribution in [0, 0.1) is 0 Å². The van der Waals surface area contributed by atoms with Crippen molar-refractivity contribution >= 4 is 29.2 Å². The zero-order valence-electron chi connectivity index (χ0n) is 15.9. The van der Waals surface area contributed by atoms with Gasteiger partial charge >= 0.3 is 11.8 Å². The Kier molecular flexibility index (Phi) is 4.59. The average Bonchev–Trinajstić information content (AvgIpc) is 2.70. The van der Waals surface area contributed by atoms with Crippen LogP contribution in [-0.4, -0.2) is 44.4 Å². The second-order valence-electron chi connectivity index (χ2n) is 8.14. The first-order valence-corrected chi connectivity index (χ1v) is 8.22. The Morgan fingerprint density at radius 1 is 0.840 bits per heavy atom. The van der Waals surface area contributed by atoms with E-state index in [2.05, 4.69) is 4.99 Å². The molecule has 1 aromatic rings. The van der Waals surface area contributed by atoms with Gasteiger partial charge in [-0.2, -0.15) is 0 Å². The molecule has 6 heteroatoms. The van der Waals surface area contributed by atoms with Gasteiger partial charge < -0.3 is 0 Å². The van der Waals surface area contributed by atoms with Crippen LogP contribution in [0.1, 0.15) is 58.8 Å². The van der Waals surface area contributed by atoms with Crippen molar-refractivity contribution < 1.29 is 14.4 Å². The molecule has 1 saturated heterocycles. The van der Waals surface area contributed by atoms with Crippen LogP contribution >= 0.6 is 0 Å². The molecule has 0 aromatic heterocycles. The van der Waals surface area contributed by atoms with Crippen molar-refractivity contribution in [1.29, 1.82) is 0 Å². The van der Waals surface area contributed by atoms with Gasteiger partial charge in [0.15, 0.2) is 5.78 Å². The Morgan fingerprint density at radius 2 is 1.24 bits per heavy atom. The molecule has 6 nitrogen and oxygen atoms in total. The monoisotopic (exact) mass is 343 g/mol. The summed E-state index contributed by atoms with van der Waals surface area (Å²) in [4.78, 5) is 44.0. The van der Waals surface area contributed by atoms with E-state index in [0.717, 1.165) is 0 Å². The number of carbonyl (C=O) groups excluding carboxylic acids is 3. The number of hydrogen-bond acceptors (Lipinski definition) is 4.